The summed E-state index contributed by atoms with van der Waals surface area (Å²) in [6.07, 6.45) is 0.866. The first-order valence-corrected chi connectivity index (χ1v) is 10.4. The van der Waals surface area contributed by atoms with Crippen LogP contribution >= 0.6 is 0 Å². The summed E-state index contributed by atoms with van der Waals surface area (Å²) < 4.78 is 39.6. The molecule has 29 heavy (non-hydrogen) atoms. The van der Waals surface area contributed by atoms with Crippen LogP contribution in [0.1, 0.15) is 50.8 Å². The first-order valence-electron chi connectivity index (χ1n) is 10.4. The summed E-state index contributed by atoms with van der Waals surface area (Å²) in [4.78, 5) is 16.0. The van der Waals surface area contributed by atoms with Crippen molar-refractivity contribution in [2.75, 3.05) is 37.7 Å². The van der Waals surface area contributed by atoms with Crippen molar-refractivity contribution < 1.29 is 23.0 Å². The molecule has 2 aliphatic heterocycles. The molecule has 0 aliphatic carbocycles. The van der Waals surface area contributed by atoms with Crippen LogP contribution in [0, 0.1) is 6.92 Å². The molecule has 1 aromatic rings. The SMILES string of the molecule is CCC(F)(F)CN1CCOc2cc3c(c(C)c21)CCN(C(=O)OC(C)(C)C)CC3. The molecular weight excluding hydrogens is 378 g/mol. The van der Waals surface area contributed by atoms with Crippen molar-refractivity contribution in [1.29, 1.82) is 0 Å². The first kappa shape index (κ1) is 21.7. The van der Waals surface area contributed by atoms with E-state index in [2.05, 4.69) is 0 Å². The number of rotatable bonds is 3. The number of nitrogens with zero attached hydrogens (tertiary/aromatic N) is 2. The molecule has 0 fully saturated rings. The van der Waals surface area contributed by atoms with Crippen molar-refractivity contribution in [3.63, 3.8) is 0 Å². The van der Waals surface area contributed by atoms with Gasteiger partial charge in [0, 0.05) is 19.5 Å². The number of anilines is 1. The molecule has 0 radical (unpaired) electrons. The van der Waals surface area contributed by atoms with Crippen LogP contribution in [0.15, 0.2) is 6.07 Å². The van der Waals surface area contributed by atoms with Crippen molar-refractivity contribution in [3.8, 4) is 5.75 Å². The summed E-state index contributed by atoms with van der Waals surface area (Å²) in [6.45, 7) is 10.7. The van der Waals surface area contributed by atoms with E-state index < -0.39 is 11.5 Å². The van der Waals surface area contributed by atoms with Crippen LogP contribution in [-0.2, 0) is 17.6 Å². The maximum absolute atomic E-state index is 14.1. The molecule has 2 heterocycles. The van der Waals surface area contributed by atoms with Gasteiger partial charge >= 0.3 is 6.09 Å². The van der Waals surface area contributed by atoms with Crippen LogP contribution in [0.25, 0.3) is 0 Å². The van der Waals surface area contributed by atoms with Crippen LogP contribution < -0.4 is 9.64 Å². The van der Waals surface area contributed by atoms with Gasteiger partial charge in [0.05, 0.1) is 18.8 Å². The molecule has 7 heteroatoms. The number of fused-ring (bicyclic) bond motifs is 2. The lowest BCUT2D eigenvalue weighted by Crippen LogP contribution is -2.42. The van der Waals surface area contributed by atoms with E-state index in [0.717, 1.165) is 22.4 Å². The van der Waals surface area contributed by atoms with Gasteiger partial charge in [-0.15, -0.1) is 0 Å². The largest absolute Gasteiger partial charge is 0.490 e. The average Bonchev–Trinajstić information content (AvgIpc) is 2.83. The molecule has 0 saturated carbocycles. The van der Waals surface area contributed by atoms with E-state index >= 15 is 0 Å². The third-order valence-electron chi connectivity index (χ3n) is 5.54. The average molecular weight is 411 g/mol. The Balaban J connectivity index is 1.86. The van der Waals surface area contributed by atoms with Gasteiger partial charge in [-0.05, 0) is 63.3 Å². The molecular formula is C22H32F2N2O3. The number of carbonyl (C=O) groups is 1. The number of carbonyl (C=O) groups excluding carboxylic acids is 1. The summed E-state index contributed by atoms with van der Waals surface area (Å²) in [5.41, 5.74) is 3.47. The molecule has 2 aliphatic rings. The third-order valence-corrected chi connectivity index (χ3v) is 5.54. The third kappa shape index (κ3) is 4.93. The van der Waals surface area contributed by atoms with E-state index in [1.807, 2.05) is 33.8 Å². The lowest BCUT2D eigenvalue weighted by molar-refractivity contribution is 0.00409. The summed E-state index contributed by atoms with van der Waals surface area (Å²) in [7, 11) is 0. The lowest BCUT2D eigenvalue weighted by atomic mass is 9.94. The molecule has 0 unspecified atom stereocenters. The standard InChI is InChI=1S/C22H32F2N2O3/c1-6-22(23,24)14-26-11-12-28-18-13-16-7-9-25(20(27)29-21(3,4)5)10-8-17(16)15(2)19(18)26/h13H,6-12,14H2,1-5H3. The highest BCUT2D eigenvalue weighted by atomic mass is 19.3. The van der Waals surface area contributed by atoms with E-state index in [-0.39, 0.29) is 19.1 Å². The highest BCUT2D eigenvalue weighted by molar-refractivity contribution is 5.71. The minimum absolute atomic E-state index is 0.186. The summed E-state index contributed by atoms with van der Waals surface area (Å²) in [6, 6.07) is 1.98. The number of hydrogen-bond donors (Lipinski definition) is 0. The van der Waals surface area contributed by atoms with Gasteiger partial charge in [-0.1, -0.05) is 6.92 Å². The summed E-state index contributed by atoms with van der Waals surface area (Å²) in [5, 5.41) is 0. The van der Waals surface area contributed by atoms with Gasteiger partial charge in [0.2, 0.25) is 0 Å². The molecule has 0 spiro atoms. The zero-order valence-electron chi connectivity index (χ0n) is 18.1. The molecule has 0 saturated heterocycles. The summed E-state index contributed by atoms with van der Waals surface area (Å²) in [5.74, 6) is -2.06. The smallest absolute Gasteiger partial charge is 0.410 e. The second-order valence-electron chi connectivity index (χ2n) is 8.93. The molecule has 3 rings (SSSR count). The van der Waals surface area contributed by atoms with Gasteiger partial charge in [-0.2, -0.15) is 0 Å². The Labute approximate surface area is 171 Å². The lowest BCUT2D eigenvalue weighted by Gasteiger charge is -2.36. The Bertz CT molecular complexity index is 774. The Hall–Kier alpha value is -2.05. The normalized spacial score (nSPS) is 17.2. The number of amides is 1. The van der Waals surface area contributed by atoms with E-state index in [0.29, 0.717) is 44.8 Å². The molecule has 5 nitrogen and oxygen atoms in total. The van der Waals surface area contributed by atoms with Crippen molar-refractivity contribution in [2.24, 2.45) is 0 Å². The Morgan fingerprint density at radius 2 is 1.90 bits per heavy atom. The molecule has 1 amide bonds. The highest BCUT2D eigenvalue weighted by Gasteiger charge is 2.34. The fourth-order valence-corrected chi connectivity index (χ4v) is 4.01. The fourth-order valence-electron chi connectivity index (χ4n) is 4.01. The van der Waals surface area contributed by atoms with Crippen molar-refractivity contribution in [3.05, 3.63) is 22.8 Å². The fraction of sp³-hybridized carbons (Fsp3) is 0.682. The maximum Gasteiger partial charge on any atom is 0.410 e. The molecule has 0 aromatic heterocycles. The Morgan fingerprint density at radius 3 is 2.55 bits per heavy atom. The zero-order chi connectivity index (χ0) is 21.4. The number of ether oxygens (including phenoxy) is 2. The van der Waals surface area contributed by atoms with Gasteiger partial charge in [-0.3, -0.25) is 0 Å². The van der Waals surface area contributed by atoms with E-state index in [1.165, 1.54) is 6.92 Å². The quantitative estimate of drug-likeness (QED) is 0.732. The first-order chi connectivity index (χ1) is 13.5. The molecule has 0 N–H and O–H groups in total. The summed E-state index contributed by atoms with van der Waals surface area (Å²) >= 11 is 0. The van der Waals surface area contributed by atoms with Crippen LogP contribution in [0.5, 0.6) is 5.75 Å². The van der Waals surface area contributed by atoms with Gasteiger partial charge in [-0.25, -0.2) is 13.6 Å². The van der Waals surface area contributed by atoms with Crippen LogP contribution in [0.2, 0.25) is 0 Å². The van der Waals surface area contributed by atoms with Crippen molar-refractivity contribution in [2.45, 2.75) is 65.4 Å². The zero-order valence-corrected chi connectivity index (χ0v) is 18.1. The minimum atomic E-state index is -2.73. The number of benzene rings is 1. The Morgan fingerprint density at radius 1 is 1.21 bits per heavy atom. The number of hydrogen-bond acceptors (Lipinski definition) is 4. The second kappa shape index (κ2) is 8.00. The topological polar surface area (TPSA) is 42.0 Å². The van der Waals surface area contributed by atoms with Gasteiger partial charge in [0.15, 0.2) is 0 Å². The number of halogens is 2. The molecule has 162 valence electrons. The van der Waals surface area contributed by atoms with Crippen molar-refractivity contribution in [1.82, 2.24) is 4.90 Å². The molecule has 1 aromatic carbocycles. The van der Waals surface area contributed by atoms with E-state index in [1.54, 1.807) is 9.80 Å². The van der Waals surface area contributed by atoms with Crippen LogP contribution in [-0.4, -0.2) is 55.3 Å². The van der Waals surface area contributed by atoms with Crippen LogP contribution in [0.4, 0.5) is 19.3 Å². The van der Waals surface area contributed by atoms with E-state index in [4.69, 9.17) is 9.47 Å². The van der Waals surface area contributed by atoms with Crippen LogP contribution in [0.3, 0.4) is 0 Å². The van der Waals surface area contributed by atoms with Gasteiger partial charge in [0.25, 0.3) is 5.92 Å². The van der Waals surface area contributed by atoms with Crippen molar-refractivity contribution >= 4 is 11.8 Å². The monoisotopic (exact) mass is 410 g/mol. The maximum atomic E-state index is 14.1. The highest BCUT2D eigenvalue weighted by Crippen LogP contribution is 2.41. The van der Waals surface area contributed by atoms with Gasteiger partial charge in [0.1, 0.15) is 18.0 Å². The van der Waals surface area contributed by atoms with E-state index in [9.17, 15) is 13.6 Å². The Kier molecular flexibility index (Phi) is 5.97. The predicted octanol–water partition coefficient (Wildman–Crippen LogP) is 4.57. The number of alkyl halides is 2. The van der Waals surface area contributed by atoms with Gasteiger partial charge < -0.3 is 19.3 Å². The minimum Gasteiger partial charge on any atom is -0.490 e. The second-order valence-corrected chi connectivity index (χ2v) is 8.93. The predicted molar refractivity (Wildman–Crippen MR) is 109 cm³/mol. The molecule has 0 atom stereocenters. The molecule has 0 bridgehead atoms.